The maximum absolute atomic E-state index is 5.09. The molecular formula is C12H20N2O. The van der Waals surface area contributed by atoms with Gasteiger partial charge in [-0.3, -0.25) is 0 Å². The van der Waals surface area contributed by atoms with Crippen molar-refractivity contribution in [2.45, 2.75) is 26.7 Å². The molecule has 1 aromatic rings. The van der Waals surface area contributed by atoms with E-state index in [0.29, 0.717) is 5.88 Å². The Morgan fingerprint density at radius 2 is 2.13 bits per heavy atom. The van der Waals surface area contributed by atoms with Crippen molar-refractivity contribution in [3.63, 3.8) is 0 Å². The van der Waals surface area contributed by atoms with E-state index in [1.165, 1.54) is 17.7 Å². The Morgan fingerprint density at radius 1 is 1.40 bits per heavy atom. The summed E-state index contributed by atoms with van der Waals surface area (Å²) in [5.74, 6) is 0.717. The first-order valence-corrected chi connectivity index (χ1v) is 5.55. The number of rotatable bonds is 1. The van der Waals surface area contributed by atoms with E-state index in [9.17, 15) is 0 Å². The molecule has 0 fully saturated rings. The molecule has 0 aromatic carbocycles. The van der Waals surface area contributed by atoms with Crippen LogP contribution in [0.1, 0.15) is 25.8 Å². The molecule has 84 valence electrons. The van der Waals surface area contributed by atoms with Gasteiger partial charge in [0.15, 0.2) is 0 Å². The molecule has 0 aliphatic carbocycles. The van der Waals surface area contributed by atoms with Gasteiger partial charge in [-0.05, 0) is 18.4 Å². The Balaban J connectivity index is 0.000000531. The van der Waals surface area contributed by atoms with E-state index in [-0.39, 0.29) is 0 Å². The van der Waals surface area contributed by atoms with Crippen molar-refractivity contribution >= 4 is 5.69 Å². The molecule has 0 spiro atoms. The summed E-state index contributed by atoms with van der Waals surface area (Å²) in [4.78, 5) is 6.44. The topological polar surface area (TPSA) is 25.4 Å². The molecule has 2 rings (SSSR count). The number of fused-ring (bicyclic) bond motifs is 1. The van der Waals surface area contributed by atoms with Gasteiger partial charge >= 0.3 is 0 Å². The molecule has 3 heteroatoms. The van der Waals surface area contributed by atoms with E-state index >= 15 is 0 Å². The SMILES string of the molecule is CC.COc1cc2c(cn1)N(C)CCC2. The molecule has 1 aliphatic rings. The normalized spacial score (nSPS) is 13.7. The van der Waals surface area contributed by atoms with Gasteiger partial charge in [-0.25, -0.2) is 4.98 Å². The largest absolute Gasteiger partial charge is 0.481 e. The van der Waals surface area contributed by atoms with Crippen molar-refractivity contribution in [3.8, 4) is 5.88 Å². The Hall–Kier alpha value is -1.25. The van der Waals surface area contributed by atoms with Crippen molar-refractivity contribution < 1.29 is 4.74 Å². The predicted octanol–water partition coefficient (Wildman–Crippen LogP) is 2.50. The van der Waals surface area contributed by atoms with Crippen molar-refractivity contribution in [3.05, 3.63) is 17.8 Å². The highest BCUT2D eigenvalue weighted by atomic mass is 16.5. The van der Waals surface area contributed by atoms with Crippen molar-refractivity contribution in [1.82, 2.24) is 4.98 Å². The molecule has 3 nitrogen and oxygen atoms in total. The van der Waals surface area contributed by atoms with E-state index in [1.54, 1.807) is 7.11 Å². The maximum Gasteiger partial charge on any atom is 0.213 e. The van der Waals surface area contributed by atoms with E-state index in [0.717, 1.165) is 13.0 Å². The van der Waals surface area contributed by atoms with Crippen LogP contribution >= 0.6 is 0 Å². The average Bonchev–Trinajstić information content (AvgIpc) is 2.31. The Bertz CT molecular complexity index is 312. The maximum atomic E-state index is 5.09. The molecule has 1 aromatic heterocycles. The van der Waals surface area contributed by atoms with Gasteiger partial charge in [0, 0.05) is 19.7 Å². The Morgan fingerprint density at radius 3 is 2.80 bits per heavy atom. The molecule has 0 saturated heterocycles. The van der Waals surface area contributed by atoms with Gasteiger partial charge in [-0.1, -0.05) is 13.8 Å². The van der Waals surface area contributed by atoms with Crippen LogP contribution in [0.4, 0.5) is 5.69 Å². The zero-order valence-electron chi connectivity index (χ0n) is 10.1. The number of hydrogen-bond acceptors (Lipinski definition) is 3. The fourth-order valence-corrected chi connectivity index (χ4v) is 1.75. The predicted molar refractivity (Wildman–Crippen MR) is 63.7 cm³/mol. The lowest BCUT2D eigenvalue weighted by Gasteiger charge is -2.26. The molecule has 1 aliphatic heterocycles. The average molecular weight is 208 g/mol. The second-order valence-corrected chi connectivity index (χ2v) is 3.38. The third-order valence-electron chi connectivity index (χ3n) is 2.50. The number of pyridine rings is 1. The number of nitrogens with zero attached hydrogens (tertiary/aromatic N) is 2. The number of aromatic nitrogens is 1. The Kier molecular flexibility index (Phi) is 4.40. The van der Waals surface area contributed by atoms with Gasteiger partial charge in [-0.15, -0.1) is 0 Å². The second kappa shape index (κ2) is 5.59. The van der Waals surface area contributed by atoms with Crippen LogP contribution in [0.25, 0.3) is 0 Å². The van der Waals surface area contributed by atoms with Gasteiger partial charge in [0.05, 0.1) is 19.0 Å². The van der Waals surface area contributed by atoms with Crippen LogP contribution in [0.3, 0.4) is 0 Å². The van der Waals surface area contributed by atoms with Crippen LogP contribution in [-0.4, -0.2) is 25.7 Å². The zero-order chi connectivity index (χ0) is 11.3. The molecule has 0 radical (unpaired) electrons. The van der Waals surface area contributed by atoms with Gasteiger partial charge in [-0.2, -0.15) is 0 Å². The smallest absolute Gasteiger partial charge is 0.213 e. The van der Waals surface area contributed by atoms with Gasteiger partial charge in [0.25, 0.3) is 0 Å². The molecule has 0 amide bonds. The first-order valence-electron chi connectivity index (χ1n) is 5.55. The summed E-state index contributed by atoms with van der Waals surface area (Å²) in [5.41, 5.74) is 2.59. The molecule has 15 heavy (non-hydrogen) atoms. The van der Waals surface area contributed by atoms with Crippen LogP contribution < -0.4 is 9.64 Å². The van der Waals surface area contributed by atoms with E-state index in [1.807, 2.05) is 26.1 Å². The lowest BCUT2D eigenvalue weighted by atomic mass is 10.0. The molecular weight excluding hydrogens is 188 g/mol. The van der Waals surface area contributed by atoms with E-state index in [4.69, 9.17) is 4.74 Å². The summed E-state index contributed by atoms with van der Waals surface area (Å²) in [5, 5.41) is 0. The summed E-state index contributed by atoms with van der Waals surface area (Å²) in [6.07, 6.45) is 4.25. The summed E-state index contributed by atoms with van der Waals surface area (Å²) in [6, 6.07) is 2.03. The standard InChI is InChI=1S/C10H14N2O.C2H6/c1-12-5-3-4-8-6-10(13-2)11-7-9(8)12;1-2/h6-7H,3-5H2,1-2H3;1-2H3. The highest BCUT2D eigenvalue weighted by Gasteiger charge is 2.14. The molecule has 0 bridgehead atoms. The quantitative estimate of drug-likeness (QED) is 0.709. The van der Waals surface area contributed by atoms with E-state index < -0.39 is 0 Å². The highest BCUT2D eigenvalue weighted by Crippen LogP contribution is 2.27. The minimum absolute atomic E-state index is 0.717. The minimum atomic E-state index is 0.717. The van der Waals surface area contributed by atoms with Crippen molar-refractivity contribution in [2.24, 2.45) is 0 Å². The second-order valence-electron chi connectivity index (χ2n) is 3.38. The minimum Gasteiger partial charge on any atom is -0.481 e. The van der Waals surface area contributed by atoms with Gasteiger partial charge in [0.2, 0.25) is 5.88 Å². The molecule has 0 unspecified atom stereocenters. The van der Waals surface area contributed by atoms with Crippen molar-refractivity contribution in [2.75, 3.05) is 25.6 Å². The fourth-order valence-electron chi connectivity index (χ4n) is 1.75. The van der Waals surface area contributed by atoms with Crippen LogP contribution in [0.15, 0.2) is 12.3 Å². The number of methoxy groups -OCH3 is 1. The summed E-state index contributed by atoms with van der Waals surface area (Å²) in [7, 11) is 3.76. The lowest BCUT2D eigenvalue weighted by molar-refractivity contribution is 0.397. The summed E-state index contributed by atoms with van der Waals surface area (Å²) in [6.45, 7) is 5.13. The highest BCUT2D eigenvalue weighted by molar-refractivity contribution is 5.54. The summed E-state index contributed by atoms with van der Waals surface area (Å²) < 4.78 is 5.09. The fraction of sp³-hybridized carbons (Fsp3) is 0.583. The first kappa shape index (κ1) is 11.8. The van der Waals surface area contributed by atoms with Crippen LogP contribution in [0, 0.1) is 0 Å². The van der Waals surface area contributed by atoms with Gasteiger partial charge < -0.3 is 9.64 Å². The number of aryl methyl sites for hydroxylation is 1. The third-order valence-corrected chi connectivity index (χ3v) is 2.50. The van der Waals surface area contributed by atoms with Crippen LogP contribution in [0.2, 0.25) is 0 Å². The van der Waals surface area contributed by atoms with E-state index in [2.05, 4.69) is 16.9 Å². The first-order chi connectivity index (χ1) is 7.31. The Labute approximate surface area is 92.1 Å². The zero-order valence-corrected chi connectivity index (χ0v) is 10.1. The number of hydrogen-bond donors (Lipinski definition) is 0. The molecule has 0 atom stereocenters. The van der Waals surface area contributed by atoms with Crippen LogP contribution in [0.5, 0.6) is 5.88 Å². The number of anilines is 1. The van der Waals surface area contributed by atoms with Crippen molar-refractivity contribution in [1.29, 1.82) is 0 Å². The summed E-state index contributed by atoms with van der Waals surface area (Å²) >= 11 is 0. The van der Waals surface area contributed by atoms with Crippen LogP contribution in [-0.2, 0) is 6.42 Å². The third kappa shape index (κ3) is 2.61. The molecule has 0 N–H and O–H groups in total. The molecule has 0 saturated carbocycles. The molecule has 2 heterocycles. The number of ether oxygens (including phenoxy) is 1. The monoisotopic (exact) mass is 208 g/mol. The lowest BCUT2D eigenvalue weighted by Crippen LogP contribution is -2.24. The van der Waals surface area contributed by atoms with Gasteiger partial charge in [0.1, 0.15) is 0 Å².